The number of anilines is 6. The summed E-state index contributed by atoms with van der Waals surface area (Å²) in [5.41, 5.74) is 21.9. The van der Waals surface area contributed by atoms with E-state index in [2.05, 4.69) is 215 Å². The summed E-state index contributed by atoms with van der Waals surface area (Å²) in [5.74, 6) is 0. The van der Waals surface area contributed by atoms with Crippen molar-refractivity contribution in [3.05, 3.63) is 197 Å². The second-order valence-corrected chi connectivity index (χ2v) is 23.2. The fourth-order valence-electron chi connectivity index (χ4n) is 14.8. The van der Waals surface area contributed by atoms with Crippen LogP contribution >= 0.6 is 0 Å². The van der Waals surface area contributed by atoms with E-state index in [1.807, 2.05) is 0 Å². The molecule has 4 aliphatic rings. The summed E-state index contributed by atoms with van der Waals surface area (Å²) in [4.78, 5) is 5.54. The SMILES string of the molecule is CCC(C)(C)c1cc2c(c3c1CCC3)N(c1ccc3c4ccccc4c4ccccc4c3c1)c1cccc3c1B2c1cc(C(C)(C)CC)c2c(c1N3c1cccc3c4ccccc4c4ccccc4c13)CCC2. The van der Waals surface area contributed by atoms with Gasteiger partial charge in [0.05, 0.1) is 5.69 Å². The van der Waals surface area contributed by atoms with Crippen LogP contribution in [0.5, 0.6) is 0 Å². The monoisotopic (exact) mass is 940 g/mol. The molecule has 2 nitrogen and oxygen atoms in total. The Morgan fingerprint density at radius 3 is 1.27 bits per heavy atom. The number of benzene rings is 11. The lowest BCUT2D eigenvalue weighted by molar-refractivity contribution is 0.502. The first-order valence-electron chi connectivity index (χ1n) is 27.4. The van der Waals surface area contributed by atoms with Gasteiger partial charge in [0, 0.05) is 33.8 Å². The summed E-state index contributed by atoms with van der Waals surface area (Å²) in [6.07, 6.45) is 9.02. The standard InChI is InChI=1S/C70H61BN2/c1-7-69(3,4)58-40-60-67(55-32-17-29-51(55)58)72(42-37-38-50-45-23-10-9-21-43(45)44-22-12-14-27-49(44)57(50)39-42)63-35-20-36-64-66(63)71(60)61-41-59(70(5,6)8-2)52-30-18-33-56(52)68(61)73(64)62-34-19-31-54-48-25-13-11-24-46(48)47-26-15-16-28-53(47)65(54)62/h9-16,19-28,31,34-41H,7-8,17-18,29-30,32-33H2,1-6H3. The van der Waals surface area contributed by atoms with Crippen molar-refractivity contribution in [1.29, 1.82) is 0 Å². The predicted octanol–water partition coefficient (Wildman–Crippen LogP) is 17.0. The van der Waals surface area contributed by atoms with E-state index in [0.717, 1.165) is 38.5 Å². The number of nitrogens with zero attached hydrogens (tertiary/aromatic N) is 2. The van der Waals surface area contributed by atoms with Gasteiger partial charge in [-0.15, -0.1) is 0 Å². The number of fused-ring (bicyclic) bond motifs is 20. The molecule has 0 atom stereocenters. The molecular weight excluding hydrogens is 880 g/mol. The Balaban J connectivity index is 1.11. The number of hydrogen-bond acceptors (Lipinski definition) is 2. The molecule has 2 heterocycles. The highest BCUT2D eigenvalue weighted by Crippen LogP contribution is 2.53. The maximum Gasteiger partial charge on any atom is 0.252 e. The van der Waals surface area contributed by atoms with E-state index in [0.29, 0.717) is 0 Å². The molecule has 73 heavy (non-hydrogen) atoms. The van der Waals surface area contributed by atoms with E-state index in [1.54, 1.807) is 33.4 Å². The van der Waals surface area contributed by atoms with Crippen LogP contribution in [0.4, 0.5) is 34.1 Å². The lowest BCUT2D eigenvalue weighted by Gasteiger charge is -2.47. The van der Waals surface area contributed by atoms with Gasteiger partial charge in [-0.3, -0.25) is 0 Å². The molecule has 2 aliphatic heterocycles. The molecule has 0 bridgehead atoms. The fourth-order valence-corrected chi connectivity index (χ4v) is 14.8. The van der Waals surface area contributed by atoms with E-state index in [9.17, 15) is 0 Å². The quantitative estimate of drug-likeness (QED) is 0.121. The molecule has 0 fully saturated rings. The van der Waals surface area contributed by atoms with Crippen molar-refractivity contribution in [1.82, 2.24) is 0 Å². The third-order valence-electron chi connectivity index (χ3n) is 18.9. The average molecular weight is 941 g/mol. The largest absolute Gasteiger partial charge is 0.311 e. The first-order chi connectivity index (χ1) is 35.7. The molecule has 2 aliphatic carbocycles. The van der Waals surface area contributed by atoms with Crippen molar-refractivity contribution >= 4 is 122 Å². The van der Waals surface area contributed by atoms with Crippen LogP contribution in [0.15, 0.2) is 164 Å². The zero-order chi connectivity index (χ0) is 49.1. The molecule has 3 heteroatoms. The van der Waals surface area contributed by atoms with Gasteiger partial charge in [-0.25, -0.2) is 0 Å². The third kappa shape index (κ3) is 5.88. The Hall–Kier alpha value is -7.36. The van der Waals surface area contributed by atoms with Crippen molar-refractivity contribution in [2.75, 3.05) is 9.80 Å². The van der Waals surface area contributed by atoms with Crippen LogP contribution in [0.25, 0.3) is 64.6 Å². The molecule has 11 aromatic rings. The number of hydrogen-bond donors (Lipinski definition) is 0. The van der Waals surface area contributed by atoms with Gasteiger partial charge >= 0.3 is 0 Å². The van der Waals surface area contributed by atoms with E-state index < -0.39 is 0 Å². The van der Waals surface area contributed by atoms with Crippen LogP contribution < -0.4 is 26.2 Å². The van der Waals surface area contributed by atoms with Crippen molar-refractivity contribution in [3.8, 4) is 0 Å². The van der Waals surface area contributed by atoms with Gasteiger partial charge in [-0.05, 0) is 202 Å². The van der Waals surface area contributed by atoms with Crippen LogP contribution in [0.2, 0.25) is 0 Å². The first kappa shape index (κ1) is 43.2. The molecular formula is C70H61BN2. The Kier molecular flexibility index (Phi) is 9.23. The molecule has 0 saturated carbocycles. The molecule has 0 N–H and O–H groups in total. The van der Waals surface area contributed by atoms with Gasteiger partial charge in [0.2, 0.25) is 0 Å². The highest BCUT2D eigenvalue weighted by Gasteiger charge is 2.48. The van der Waals surface area contributed by atoms with Gasteiger partial charge in [0.1, 0.15) is 0 Å². The fraction of sp³-hybridized carbons (Fsp3) is 0.229. The van der Waals surface area contributed by atoms with E-state index in [-0.39, 0.29) is 17.5 Å². The smallest absolute Gasteiger partial charge is 0.252 e. The van der Waals surface area contributed by atoms with Gasteiger partial charge in [-0.1, -0.05) is 175 Å². The molecule has 0 aromatic heterocycles. The summed E-state index contributed by atoms with van der Waals surface area (Å²) >= 11 is 0. The molecule has 0 amide bonds. The van der Waals surface area contributed by atoms with Crippen LogP contribution in [0.1, 0.15) is 101 Å². The van der Waals surface area contributed by atoms with Crippen molar-refractivity contribution < 1.29 is 0 Å². The first-order valence-corrected chi connectivity index (χ1v) is 27.4. The van der Waals surface area contributed by atoms with Crippen LogP contribution in [-0.2, 0) is 36.5 Å². The third-order valence-corrected chi connectivity index (χ3v) is 18.9. The zero-order valence-electron chi connectivity index (χ0n) is 43.2. The summed E-state index contributed by atoms with van der Waals surface area (Å²) in [6, 6.07) is 63.8. The minimum Gasteiger partial charge on any atom is -0.311 e. The summed E-state index contributed by atoms with van der Waals surface area (Å²) in [6.45, 7) is 14.9. The van der Waals surface area contributed by atoms with Crippen molar-refractivity contribution in [2.45, 2.75) is 104 Å². The topological polar surface area (TPSA) is 6.48 Å². The van der Waals surface area contributed by atoms with Gasteiger partial charge in [-0.2, -0.15) is 0 Å². The number of rotatable bonds is 6. The molecule has 0 spiro atoms. The lowest BCUT2D eigenvalue weighted by Crippen LogP contribution is -2.62. The van der Waals surface area contributed by atoms with Crippen LogP contribution in [0.3, 0.4) is 0 Å². The van der Waals surface area contributed by atoms with Crippen LogP contribution in [-0.4, -0.2) is 6.71 Å². The Morgan fingerprint density at radius 1 is 0.384 bits per heavy atom. The van der Waals surface area contributed by atoms with Crippen LogP contribution in [0, 0.1) is 0 Å². The average Bonchev–Trinajstić information content (AvgIpc) is 4.15. The van der Waals surface area contributed by atoms with Gasteiger partial charge in [0.15, 0.2) is 0 Å². The van der Waals surface area contributed by atoms with Gasteiger partial charge in [0.25, 0.3) is 6.71 Å². The minimum absolute atomic E-state index is 0.0253. The highest BCUT2D eigenvalue weighted by molar-refractivity contribution is 7.00. The Bertz CT molecular complexity index is 4130. The summed E-state index contributed by atoms with van der Waals surface area (Å²) in [7, 11) is 0. The Labute approximate surface area is 430 Å². The molecule has 0 saturated heterocycles. The second-order valence-electron chi connectivity index (χ2n) is 23.2. The van der Waals surface area contributed by atoms with Crippen molar-refractivity contribution in [2.24, 2.45) is 0 Å². The maximum absolute atomic E-state index is 2.79. The van der Waals surface area contributed by atoms with E-state index >= 15 is 0 Å². The van der Waals surface area contributed by atoms with Crippen molar-refractivity contribution in [3.63, 3.8) is 0 Å². The zero-order valence-corrected chi connectivity index (χ0v) is 43.2. The molecule has 0 unspecified atom stereocenters. The predicted molar refractivity (Wildman–Crippen MR) is 316 cm³/mol. The molecule has 354 valence electrons. The Morgan fingerprint density at radius 2 is 0.767 bits per heavy atom. The summed E-state index contributed by atoms with van der Waals surface area (Å²) < 4.78 is 0. The second kappa shape index (κ2) is 15.6. The normalized spacial score (nSPS) is 15.0. The maximum atomic E-state index is 2.79. The molecule has 0 radical (unpaired) electrons. The minimum atomic E-state index is 0.0253. The molecule has 11 aromatic carbocycles. The lowest BCUT2D eigenvalue weighted by atomic mass is 9.32. The van der Waals surface area contributed by atoms with E-state index in [4.69, 9.17) is 0 Å². The molecule has 15 rings (SSSR count). The summed E-state index contributed by atoms with van der Waals surface area (Å²) in [5, 5.41) is 15.8. The van der Waals surface area contributed by atoms with Gasteiger partial charge < -0.3 is 9.80 Å². The van der Waals surface area contributed by atoms with E-state index in [1.165, 1.54) is 128 Å². The highest BCUT2D eigenvalue weighted by atomic mass is 15.2.